The second-order valence-corrected chi connectivity index (χ2v) is 9.16. The molecular formula is C24H19ClN2O3S. The first kappa shape index (κ1) is 20.9. The van der Waals surface area contributed by atoms with Crippen LogP contribution in [-0.4, -0.2) is 14.3 Å². The molecule has 2 N–H and O–H groups in total. The number of aryl methyl sites for hydroxylation is 1. The van der Waals surface area contributed by atoms with Crippen LogP contribution < -0.4 is 10.0 Å². The Labute approximate surface area is 185 Å². The zero-order chi connectivity index (χ0) is 22.0. The molecule has 5 nitrogen and oxygen atoms in total. The van der Waals surface area contributed by atoms with Gasteiger partial charge in [-0.05, 0) is 48.7 Å². The van der Waals surface area contributed by atoms with Crippen LogP contribution in [0.3, 0.4) is 0 Å². The predicted octanol–water partition coefficient (Wildman–Crippen LogP) is 5.85. The van der Waals surface area contributed by atoms with Crippen LogP contribution in [0.4, 0.5) is 11.4 Å². The lowest BCUT2D eigenvalue weighted by Crippen LogP contribution is -2.16. The van der Waals surface area contributed by atoms with Crippen LogP contribution in [0.5, 0.6) is 0 Å². The third-order valence-electron chi connectivity index (χ3n) is 4.82. The fraction of sp³-hybridized carbons (Fsp3) is 0.0417. The Morgan fingerprint density at radius 2 is 1.58 bits per heavy atom. The van der Waals surface area contributed by atoms with Crippen molar-refractivity contribution in [1.82, 2.24) is 0 Å². The maximum absolute atomic E-state index is 12.9. The molecule has 4 rings (SSSR count). The molecule has 0 atom stereocenters. The number of amides is 1. The molecule has 0 aliphatic carbocycles. The molecule has 0 fully saturated rings. The van der Waals surface area contributed by atoms with Crippen molar-refractivity contribution >= 4 is 49.7 Å². The standard InChI is InChI=1S/C24H19ClN2O3S/c1-16-9-12-19(13-10-16)27-31(29,30)23-15-18(11-14-21(23)25)24(28)26-22-8-4-6-17-5-2-3-7-20(17)22/h2-15,27H,1H3,(H,26,28). The van der Waals surface area contributed by atoms with Crippen LogP contribution >= 0.6 is 11.6 Å². The fourth-order valence-corrected chi connectivity index (χ4v) is 4.80. The van der Waals surface area contributed by atoms with Crippen LogP contribution in [0.1, 0.15) is 15.9 Å². The molecule has 0 bridgehead atoms. The van der Waals surface area contributed by atoms with Gasteiger partial charge in [-0.15, -0.1) is 0 Å². The van der Waals surface area contributed by atoms with Crippen LogP contribution in [0.15, 0.2) is 89.8 Å². The third kappa shape index (κ3) is 4.55. The van der Waals surface area contributed by atoms with Crippen molar-refractivity contribution in [3.8, 4) is 0 Å². The Kier molecular flexibility index (Phi) is 5.67. The third-order valence-corrected chi connectivity index (χ3v) is 6.69. The number of anilines is 2. The van der Waals surface area contributed by atoms with Gasteiger partial charge in [0.2, 0.25) is 0 Å². The van der Waals surface area contributed by atoms with E-state index in [0.29, 0.717) is 11.4 Å². The van der Waals surface area contributed by atoms with Gasteiger partial charge in [-0.1, -0.05) is 65.7 Å². The Morgan fingerprint density at radius 1 is 0.871 bits per heavy atom. The van der Waals surface area contributed by atoms with Gasteiger partial charge in [-0.25, -0.2) is 8.42 Å². The second-order valence-electron chi connectivity index (χ2n) is 7.10. The number of benzene rings is 4. The average Bonchev–Trinajstić information content (AvgIpc) is 2.75. The summed E-state index contributed by atoms with van der Waals surface area (Å²) in [4.78, 5) is 12.7. The van der Waals surface area contributed by atoms with Gasteiger partial charge in [0.1, 0.15) is 4.90 Å². The first-order valence-electron chi connectivity index (χ1n) is 9.52. The highest BCUT2D eigenvalue weighted by Crippen LogP contribution is 2.27. The molecule has 0 radical (unpaired) electrons. The van der Waals surface area contributed by atoms with E-state index in [1.54, 1.807) is 30.3 Å². The number of fused-ring (bicyclic) bond motifs is 1. The summed E-state index contributed by atoms with van der Waals surface area (Å²) in [6, 6.07) is 24.4. The molecule has 0 aliphatic heterocycles. The molecule has 7 heteroatoms. The average molecular weight is 451 g/mol. The normalized spacial score (nSPS) is 11.3. The van der Waals surface area contributed by atoms with Crippen molar-refractivity contribution in [2.75, 3.05) is 10.0 Å². The molecule has 0 aliphatic rings. The highest BCUT2D eigenvalue weighted by Gasteiger charge is 2.21. The summed E-state index contributed by atoms with van der Waals surface area (Å²) >= 11 is 6.16. The summed E-state index contributed by atoms with van der Waals surface area (Å²) in [5.74, 6) is -0.431. The number of carbonyl (C=O) groups excluding carboxylic acids is 1. The molecular weight excluding hydrogens is 432 g/mol. The van der Waals surface area contributed by atoms with Crippen molar-refractivity contribution in [2.45, 2.75) is 11.8 Å². The molecule has 0 heterocycles. The summed E-state index contributed by atoms with van der Waals surface area (Å²) in [6.45, 7) is 1.91. The summed E-state index contributed by atoms with van der Waals surface area (Å²) in [5, 5.41) is 4.76. The van der Waals surface area contributed by atoms with Crippen molar-refractivity contribution < 1.29 is 13.2 Å². The predicted molar refractivity (Wildman–Crippen MR) is 125 cm³/mol. The van der Waals surface area contributed by atoms with Gasteiger partial charge < -0.3 is 5.32 Å². The van der Waals surface area contributed by atoms with Gasteiger partial charge in [0.25, 0.3) is 15.9 Å². The maximum Gasteiger partial charge on any atom is 0.263 e. The van der Waals surface area contributed by atoms with E-state index >= 15 is 0 Å². The first-order chi connectivity index (χ1) is 14.8. The van der Waals surface area contributed by atoms with E-state index in [1.807, 2.05) is 43.3 Å². The van der Waals surface area contributed by atoms with Gasteiger partial charge in [0, 0.05) is 22.3 Å². The lowest BCUT2D eigenvalue weighted by atomic mass is 10.1. The van der Waals surface area contributed by atoms with Crippen LogP contribution in [0.2, 0.25) is 5.02 Å². The van der Waals surface area contributed by atoms with Crippen molar-refractivity contribution in [3.05, 3.63) is 101 Å². The van der Waals surface area contributed by atoms with Crippen LogP contribution in [0.25, 0.3) is 10.8 Å². The van der Waals surface area contributed by atoms with E-state index in [9.17, 15) is 13.2 Å². The van der Waals surface area contributed by atoms with Crippen molar-refractivity contribution in [3.63, 3.8) is 0 Å². The Bertz CT molecular complexity index is 1380. The molecule has 0 saturated carbocycles. The van der Waals surface area contributed by atoms with Crippen LogP contribution in [-0.2, 0) is 10.0 Å². The zero-order valence-electron chi connectivity index (χ0n) is 16.6. The molecule has 1 amide bonds. The Balaban J connectivity index is 1.63. The fourth-order valence-electron chi connectivity index (χ4n) is 3.21. The number of nitrogens with one attached hydrogen (secondary N) is 2. The van der Waals surface area contributed by atoms with Gasteiger partial charge in [-0.2, -0.15) is 0 Å². The van der Waals surface area contributed by atoms with E-state index in [1.165, 1.54) is 18.2 Å². The summed E-state index contributed by atoms with van der Waals surface area (Å²) < 4.78 is 28.3. The smallest absolute Gasteiger partial charge is 0.263 e. The minimum atomic E-state index is -3.98. The maximum atomic E-state index is 12.9. The van der Waals surface area contributed by atoms with E-state index in [4.69, 9.17) is 11.6 Å². The van der Waals surface area contributed by atoms with Gasteiger partial charge in [0.05, 0.1) is 5.02 Å². The first-order valence-corrected chi connectivity index (χ1v) is 11.4. The Hall–Kier alpha value is -3.35. The summed E-state index contributed by atoms with van der Waals surface area (Å²) in [7, 11) is -3.98. The Morgan fingerprint density at radius 3 is 2.35 bits per heavy atom. The van der Waals surface area contributed by atoms with E-state index < -0.39 is 15.9 Å². The molecule has 4 aromatic rings. The number of carbonyl (C=O) groups is 1. The highest BCUT2D eigenvalue weighted by atomic mass is 35.5. The second kappa shape index (κ2) is 8.41. The number of halogens is 1. The molecule has 4 aromatic carbocycles. The highest BCUT2D eigenvalue weighted by molar-refractivity contribution is 7.92. The van der Waals surface area contributed by atoms with Crippen molar-refractivity contribution in [2.24, 2.45) is 0 Å². The minimum absolute atomic E-state index is 0.0290. The largest absolute Gasteiger partial charge is 0.321 e. The van der Waals surface area contributed by atoms with Crippen molar-refractivity contribution in [1.29, 1.82) is 0 Å². The number of sulfonamides is 1. The monoisotopic (exact) mass is 450 g/mol. The van der Waals surface area contributed by atoms with Gasteiger partial charge in [-0.3, -0.25) is 9.52 Å². The lowest BCUT2D eigenvalue weighted by molar-refractivity contribution is 0.102. The molecule has 0 unspecified atom stereocenters. The summed E-state index contributed by atoms with van der Waals surface area (Å²) in [5.41, 5.74) is 2.24. The molecule has 156 valence electrons. The number of rotatable bonds is 5. The molecule has 0 aromatic heterocycles. The zero-order valence-corrected chi connectivity index (χ0v) is 18.2. The number of hydrogen-bond acceptors (Lipinski definition) is 3. The lowest BCUT2D eigenvalue weighted by Gasteiger charge is -2.12. The molecule has 0 saturated heterocycles. The van der Waals surface area contributed by atoms with Gasteiger partial charge >= 0.3 is 0 Å². The topological polar surface area (TPSA) is 75.3 Å². The molecule has 31 heavy (non-hydrogen) atoms. The van der Waals surface area contributed by atoms with E-state index in [-0.39, 0.29) is 15.5 Å². The van der Waals surface area contributed by atoms with Crippen LogP contribution in [0, 0.1) is 6.92 Å². The van der Waals surface area contributed by atoms with Gasteiger partial charge in [0.15, 0.2) is 0 Å². The van der Waals surface area contributed by atoms with E-state index in [0.717, 1.165) is 16.3 Å². The van der Waals surface area contributed by atoms with E-state index in [2.05, 4.69) is 10.0 Å². The minimum Gasteiger partial charge on any atom is -0.321 e. The SMILES string of the molecule is Cc1ccc(NS(=O)(=O)c2cc(C(=O)Nc3cccc4ccccc34)ccc2Cl)cc1. The quantitative estimate of drug-likeness (QED) is 0.400. The number of hydrogen-bond donors (Lipinski definition) is 2. The molecule has 0 spiro atoms. The summed E-state index contributed by atoms with van der Waals surface area (Å²) in [6.07, 6.45) is 0.